The zero-order chi connectivity index (χ0) is 15.6. The summed E-state index contributed by atoms with van der Waals surface area (Å²) in [5.74, 6) is 0.798. The molecule has 3 aromatic rings. The van der Waals surface area contributed by atoms with Gasteiger partial charge in [0.15, 0.2) is 0 Å². The minimum atomic E-state index is -0.228. The predicted octanol–water partition coefficient (Wildman–Crippen LogP) is 4.61. The lowest BCUT2D eigenvalue weighted by Gasteiger charge is -2.16. The monoisotopic (exact) mass is 325 g/mol. The van der Waals surface area contributed by atoms with E-state index in [9.17, 15) is 4.39 Å². The van der Waals surface area contributed by atoms with Gasteiger partial charge < -0.3 is 4.90 Å². The predicted molar refractivity (Wildman–Crippen MR) is 92.2 cm³/mol. The Balaban J connectivity index is 1.63. The summed E-state index contributed by atoms with van der Waals surface area (Å²) in [7, 11) is 0. The summed E-state index contributed by atoms with van der Waals surface area (Å²) in [5.41, 5.74) is 2.90. The van der Waals surface area contributed by atoms with Crippen molar-refractivity contribution in [3.63, 3.8) is 0 Å². The molecule has 0 unspecified atom stereocenters. The van der Waals surface area contributed by atoms with Gasteiger partial charge in [0.1, 0.15) is 16.6 Å². The first kappa shape index (κ1) is 14.3. The van der Waals surface area contributed by atoms with Crippen LogP contribution in [-0.2, 0) is 0 Å². The highest BCUT2D eigenvalue weighted by atomic mass is 32.1. The van der Waals surface area contributed by atoms with E-state index in [0.717, 1.165) is 40.7 Å². The number of nitrogens with zero attached hydrogens (tertiary/aromatic N) is 3. The second kappa shape index (κ2) is 6.08. The molecule has 0 saturated carbocycles. The topological polar surface area (TPSA) is 29.0 Å². The molecule has 116 valence electrons. The molecule has 3 heterocycles. The van der Waals surface area contributed by atoms with Crippen LogP contribution >= 0.6 is 11.3 Å². The number of aromatic nitrogens is 2. The van der Waals surface area contributed by atoms with E-state index in [0.29, 0.717) is 0 Å². The van der Waals surface area contributed by atoms with Crippen LogP contribution in [0, 0.1) is 5.82 Å². The Morgan fingerprint density at radius 1 is 1.00 bits per heavy atom. The molecule has 1 saturated heterocycles. The van der Waals surface area contributed by atoms with E-state index >= 15 is 0 Å². The maximum Gasteiger partial charge on any atom is 0.129 e. The van der Waals surface area contributed by atoms with Gasteiger partial charge in [0.2, 0.25) is 0 Å². The SMILES string of the molecule is Fc1ccc(-c2csc(-c3ccnc(N4CCCC4)c3)n2)cc1. The lowest BCUT2D eigenvalue weighted by atomic mass is 10.2. The van der Waals surface area contributed by atoms with Gasteiger partial charge in [-0.25, -0.2) is 14.4 Å². The number of benzene rings is 1. The molecule has 1 fully saturated rings. The molecule has 23 heavy (non-hydrogen) atoms. The van der Waals surface area contributed by atoms with Gasteiger partial charge in [0.05, 0.1) is 5.69 Å². The molecule has 2 aromatic heterocycles. The van der Waals surface area contributed by atoms with Gasteiger partial charge in [0.25, 0.3) is 0 Å². The number of pyridine rings is 1. The summed E-state index contributed by atoms with van der Waals surface area (Å²) in [6.45, 7) is 2.16. The Bertz CT molecular complexity index is 807. The van der Waals surface area contributed by atoms with Gasteiger partial charge in [-0.05, 0) is 49.2 Å². The Kier molecular flexibility index (Phi) is 3.79. The number of halogens is 1. The van der Waals surface area contributed by atoms with Crippen LogP contribution in [0.25, 0.3) is 21.8 Å². The normalized spacial score (nSPS) is 14.4. The molecule has 0 atom stereocenters. The molecule has 5 heteroatoms. The summed E-state index contributed by atoms with van der Waals surface area (Å²) >= 11 is 1.60. The van der Waals surface area contributed by atoms with Crippen molar-refractivity contribution in [1.29, 1.82) is 0 Å². The van der Waals surface area contributed by atoms with Crippen molar-refractivity contribution in [3.8, 4) is 21.8 Å². The van der Waals surface area contributed by atoms with Crippen LogP contribution in [-0.4, -0.2) is 23.1 Å². The molecule has 0 aliphatic carbocycles. The first-order chi connectivity index (χ1) is 11.3. The largest absolute Gasteiger partial charge is 0.357 e. The van der Waals surface area contributed by atoms with Crippen molar-refractivity contribution in [1.82, 2.24) is 9.97 Å². The maximum atomic E-state index is 13.0. The Morgan fingerprint density at radius 3 is 2.57 bits per heavy atom. The molecule has 3 nitrogen and oxygen atoms in total. The van der Waals surface area contributed by atoms with Crippen LogP contribution in [0.3, 0.4) is 0 Å². The van der Waals surface area contributed by atoms with Crippen molar-refractivity contribution in [2.45, 2.75) is 12.8 Å². The van der Waals surface area contributed by atoms with Crippen LogP contribution in [0.5, 0.6) is 0 Å². The van der Waals surface area contributed by atoms with Crippen molar-refractivity contribution in [3.05, 3.63) is 53.8 Å². The van der Waals surface area contributed by atoms with E-state index in [1.807, 2.05) is 17.6 Å². The number of hydrogen-bond donors (Lipinski definition) is 0. The average molecular weight is 325 g/mol. The smallest absolute Gasteiger partial charge is 0.129 e. The quantitative estimate of drug-likeness (QED) is 0.704. The van der Waals surface area contributed by atoms with Gasteiger partial charge in [-0.3, -0.25) is 0 Å². The van der Waals surface area contributed by atoms with E-state index < -0.39 is 0 Å². The van der Waals surface area contributed by atoms with Crippen molar-refractivity contribution >= 4 is 17.2 Å². The fraction of sp³-hybridized carbons (Fsp3) is 0.222. The molecule has 1 aliphatic heterocycles. The van der Waals surface area contributed by atoms with Crippen LogP contribution in [0.4, 0.5) is 10.2 Å². The molecule has 0 radical (unpaired) electrons. The molecule has 0 N–H and O–H groups in total. The second-order valence-corrected chi connectivity index (χ2v) is 6.50. The highest BCUT2D eigenvalue weighted by Crippen LogP contribution is 2.30. The zero-order valence-corrected chi connectivity index (χ0v) is 13.4. The standard InChI is InChI=1S/C18H16FN3S/c19-15-5-3-13(4-6-15)16-12-23-18(21-16)14-7-8-20-17(11-14)22-9-1-2-10-22/h3-8,11-12H,1-2,9-10H2. The molecule has 0 spiro atoms. The average Bonchev–Trinajstić information content (AvgIpc) is 3.28. The number of hydrogen-bond acceptors (Lipinski definition) is 4. The van der Waals surface area contributed by atoms with E-state index in [1.54, 1.807) is 23.5 Å². The van der Waals surface area contributed by atoms with Crippen LogP contribution in [0.15, 0.2) is 48.0 Å². The Morgan fingerprint density at radius 2 is 1.78 bits per heavy atom. The van der Waals surface area contributed by atoms with Crippen LogP contribution in [0.1, 0.15) is 12.8 Å². The first-order valence-electron chi connectivity index (χ1n) is 7.72. The third-order valence-corrected chi connectivity index (χ3v) is 4.96. The van der Waals surface area contributed by atoms with Crippen LogP contribution in [0.2, 0.25) is 0 Å². The third-order valence-electron chi connectivity index (χ3n) is 4.07. The fourth-order valence-corrected chi connectivity index (χ4v) is 3.66. The third kappa shape index (κ3) is 2.97. The second-order valence-electron chi connectivity index (χ2n) is 5.64. The van der Waals surface area contributed by atoms with Crippen molar-refractivity contribution in [2.24, 2.45) is 0 Å². The summed E-state index contributed by atoms with van der Waals surface area (Å²) in [5, 5.41) is 2.98. The first-order valence-corrected chi connectivity index (χ1v) is 8.60. The summed E-state index contributed by atoms with van der Waals surface area (Å²) in [4.78, 5) is 11.5. The molecule has 4 rings (SSSR count). The summed E-state index contributed by atoms with van der Waals surface area (Å²) in [6.07, 6.45) is 4.32. The lowest BCUT2D eigenvalue weighted by Crippen LogP contribution is -2.18. The van der Waals surface area contributed by atoms with Crippen molar-refractivity contribution < 1.29 is 4.39 Å². The van der Waals surface area contributed by atoms with Crippen molar-refractivity contribution in [2.75, 3.05) is 18.0 Å². The maximum absolute atomic E-state index is 13.0. The minimum Gasteiger partial charge on any atom is -0.357 e. The minimum absolute atomic E-state index is 0.228. The lowest BCUT2D eigenvalue weighted by molar-refractivity contribution is 0.628. The molecule has 0 bridgehead atoms. The molecular weight excluding hydrogens is 309 g/mol. The number of anilines is 1. The van der Waals surface area contributed by atoms with Crippen LogP contribution < -0.4 is 4.90 Å². The Labute approximate surface area is 138 Å². The summed E-state index contributed by atoms with van der Waals surface area (Å²) in [6, 6.07) is 10.6. The van der Waals surface area contributed by atoms with E-state index in [1.165, 1.54) is 25.0 Å². The molecule has 1 aliphatic rings. The molecular formula is C18H16FN3S. The van der Waals surface area contributed by atoms with Gasteiger partial charge in [-0.2, -0.15) is 0 Å². The zero-order valence-electron chi connectivity index (χ0n) is 12.6. The van der Waals surface area contributed by atoms with Gasteiger partial charge in [0, 0.05) is 35.8 Å². The highest BCUT2D eigenvalue weighted by Gasteiger charge is 2.15. The summed E-state index contributed by atoms with van der Waals surface area (Å²) < 4.78 is 13.0. The van der Waals surface area contributed by atoms with Gasteiger partial charge in [-0.15, -0.1) is 11.3 Å². The fourth-order valence-electron chi connectivity index (χ4n) is 2.83. The van der Waals surface area contributed by atoms with Gasteiger partial charge >= 0.3 is 0 Å². The van der Waals surface area contributed by atoms with E-state index in [-0.39, 0.29) is 5.82 Å². The molecule has 1 aromatic carbocycles. The highest BCUT2D eigenvalue weighted by molar-refractivity contribution is 7.13. The van der Waals surface area contributed by atoms with E-state index in [4.69, 9.17) is 4.98 Å². The number of thiazole rings is 1. The molecule has 0 amide bonds. The van der Waals surface area contributed by atoms with Gasteiger partial charge in [-0.1, -0.05) is 0 Å². The van der Waals surface area contributed by atoms with E-state index in [2.05, 4.69) is 16.0 Å². The number of rotatable bonds is 3. The Hall–Kier alpha value is -2.27.